The summed E-state index contributed by atoms with van der Waals surface area (Å²) in [6.45, 7) is 0. The zero-order chi connectivity index (χ0) is 42.2. The van der Waals surface area contributed by atoms with E-state index in [1.807, 2.05) is 0 Å². The van der Waals surface area contributed by atoms with E-state index in [0.717, 1.165) is 71.9 Å². The van der Waals surface area contributed by atoms with Crippen molar-refractivity contribution in [3.05, 3.63) is 231 Å². The molecule has 4 aromatic heterocycles. The zero-order valence-electron chi connectivity index (χ0n) is 34.6. The molecule has 300 valence electrons. The van der Waals surface area contributed by atoms with Crippen LogP contribution in [0.1, 0.15) is 0 Å². The van der Waals surface area contributed by atoms with Gasteiger partial charge in [-0.3, -0.25) is 9.13 Å². The maximum atomic E-state index is 6.88. The summed E-state index contributed by atoms with van der Waals surface area (Å²) in [6.07, 6.45) is 0. The number of fused-ring (bicyclic) bond motifs is 9. The minimum Gasteiger partial charge on any atom is -0.456 e. The highest BCUT2D eigenvalue weighted by molar-refractivity contribution is 7.20. The average Bonchev–Trinajstić information content (AvgIpc) is 4.03. The molecular weight excluding hydrogens is 797 g/mol. The van der Waals surface area contributed by atoms with Crippen LogP contribution in [0.3, 0.4) is 0 Å². The van der Waals surface area contributed by atoms with Gasteiger partial charge in [-0.05, 0) is 51.1 Å². The summed E-state index contributed by atoms with van der Waals surface area (Å²) in [5.41, 5.74) is 7.98. The molecule has 0 radical (unpaired) electrons. The Balaban J connectivity index is 1.07. The van der Waals surface area contributed by atoms with Gasteiger partial charge in [-0.1, -0.05) is 194 Å². The van der Waals surface area contributed by atoms with Crippen LogP contribution in [0.15, 0.2) is 235 Å². The molecule has 0 aliphatic rings. The first kappa shape index (κ1) is 36.3. The Morgan fingerprint density at radius 3 is 1.38 bits per heavy atom. The molecule has 13 aromatic rings. The van der Waals surface area contributed by atoms with Crippen molar-refractivity contribution in [2.45, 2.75) is 0 Å². The van der Waals surface area contributed by atoms with Gasteiger partial charge in [0.15, 0.2) is 8.07 Å². The lowest BCUT2D eigenvalue weighted by atomic mass is 10.1. The molecule has 0 aliphatic carbocycles. The molecule has 0 atom stereocenters. The molecule has 0 aliphatic heterocycles. The van der Waals surface area contributed by atoms with E-state index < -0.39 is 8.07 Å². The zero-order valence-corrected chi connectivity index (χ0v) is 35.6. The second-order valence-corrected chi connectivity index (χ2v) is 20.3. The predicted octanol–water partition coefficient (Wildman–Crippen LogP) is 11.6. The Morgan fingerprint density at radius 1 is 0.359 bits per heavy atom. The van der Waals surface area contributed by atoms with Crippen LogP contribution in [-0.2, 0) is 0 Å². The van der Waals surface area contributed by atoms with Crippen molar-refractivity contribution in [3.8, 4) is 23.0 Å². The number of para-hydroxylation sites is 6. The Hall–Kier alpha value is -8.32. The van der Waals surface area contributed by atoms with E-state index in [0.29, 0.717) is 5.95 Å². The van der Waals surface area contributed by atoms with Crippen LogP contribution < -0.4 is 20.7 Å². The molecule has 0 bridgehead atoms. The van der Waals surface area contributed by atoms with Gasteiger partial charge in [-0.25, -0.2) is 4.98 Å². The quantitative estimate of drug-likeness (QED) is 0.119. The number of rotatable bonds is 7. The van der Waals surface area contributed by atoms with Crippen LogP contribution in [0.5, 0.6) is 0 Å². The first-order valence-corrected chi connectivity index (χ1v) is 23.7. The molecule has 0 fully saturated rings. The van der Waals surface area contributed by atoms with Gasteiger partial charge in [0.1, 0.15) is 17.0 Å². The summed E-state index contributed by atoms with van der Waals surface area (Å²) in [6, 6.07) is 82.8. The van der Waals surface area contributed by atoms with Crippen molar-refractivity contribution < 1.29 is 4.42 Å². The maximum absolute atomic E-state index is 6.88. The summed E-state index contributed by atoms with van der Waals surface area (Å²) in [4.78, 5) is 11.0. The topological polar surface area (TPSA) is 48.8 Å². The predicted molar refractivity (Wildman–Crippen MR) is 267 cm³/mol. The van der Waals surface area contributed by atoms with Crippen LogP contribution in [0, 0.1) is 0 Å². The Bertz CT molecular complexity index is 3630. The first-order valence-electron chi connectivity index (χ1n) is 21.7. The third-order valence-corrected chi connectivity index (χ3v) is 17.9. The fourth-order valence-corrected chi connectivity index (χ4v) is 15.2. The van der Waals surface area contributed by atoms with Crippen molar-refractivity contribution in [2.24, 2.45) is 0 Å². The molecule has 0 amide bonds. The molecule has 0 saturated heterocycles. The lowest BCUT2D eigenvalue weighted by Gasteiger charge is -2.34. The van der Waals surface area contributed by atoms with E-state index in [9.17, 15) is 0 Å². The first-order chi connectivity index (χ1) is 31.8. The third kappa shape index (κ3) is 5.36. The molecule has 5 nitrogen and oxygen atoms in total. The fourth-order valence-electron chi connectivity index (χ4n) is 10.4. The van der Waals surface area contributed by atoms with E-state index in [-0.39, 0.29) is 0 Å². The van der Waals surface area contributed by atoms with Gasteiger partial charge in [-0.15, -0.1) is 0 Å². The van der Waals surface area contributed by atoms with Gasteiger partial charge in [-0.2, -0.15) is 4.98 Å². The summed E-state index contributed by atoms with van der Waals surface area (Å²) in [7, 11) is -3.02. The molecule has 0 N–H and O–H groups in total. The van der Waals surface area contributed by atoms with Gasteiger partial charge in [0.05, 0.1) is 27.8 Å². The van der Waals surface area contributed by atoms with Gasteiger partial charge < -0.3 is 4.42 Å². The van der Waals surface area contributed by atoms with Crippen LogP contribution >= 0.6 is 0 Å². The lowest BCUT2D eigenvalue weighted by molar-refractivity contribution is 0.671. The van der Waals surface area contributed by atoms with Gasteiger partial charge in [0.25, 0.3) is 0 Å². The van der Waals surface area contributed by atoms with Crippen molar-refractivity contribution in [3.63, 3.8) is 0 Å². The third-order valence-electron chi connectivity index (χ3n) is 13.1. The molecule has 6 heteroatoms. The van der Waals surface area contributed by atoms with Crippen LogP contribution in [-0.4, -0.2) is 27.2 Å². The van der Waals surface area contributed by atoms with E-state index in [2.05, 4.69) is 240 Å². The smallest absolute Gasteiger partial charge is 0.237 e. The number of hydrogen-bond donors (Lipinski definition) is 0. The Kier molecular flexibility index (Phi) is 8.16. The van der Waals surface area contributed by atoms with E-state index >= 15 is 0 Å². The van der Waals surface area contributed by atoms with Crippen molar-refractivity contribution in [1.82, 2.24) is 19.1 Å². The fraction of sp³-hybridized carbons (Fsp3) is 0. The summed E-state index contributed by atoms with van der Waals surface area (Å²) in [5.74, 6) is 1.42. The molecule has 64 heavy (non-hydrogen) atoms. The van der Waals surface area contributed by atoms with Crippen molar-refractivity contribution >= 4 is 94.4 Å². The largest absolute Gasteiger partial charge is 0.456 e. The highest BCUT2D eigenvalue weighted by Crippen LogP contribution is 2.36. The molecule has 0 spiro atoms. The number of benzene rings is 9. The van der Waals surface area contributed by atoms with E-state index in [1.54, 1.807) is 0 Å². The highest BCUT2D eigenvalue weighted by Gasteiger charge is 2.43. The Labute approximate surface area is 369 Å². The second-order valence-electron chi connectivity index (χ2n) is 16.5. The number of hydrogen-bond acceptors (Lipinski definition) is 3. The van der Waals surface area contributed by atoms with E-state index in [4.69, 9.17) is 14.4 Å². The van der Waals surface area contributed by atoms with Crippen LogP contribution in [0.25, 0.3) is 88.6 Å². The highest BCUT2D eigenvalue weighted by atomic mass is 28.3. The van der Waals surface area contributed by atoms with E-state index in [1.165, 1.54) is 31.5 Å². The molecule has 0 unspecified atom stereocenters. The van der Waals surface area contributed by atoms with Crippen LogP contribution in [0.4, 0.5) is 0 Å². The molecule has 13 rings (SSSR count). The SMILES string of the molecule is c1ccc([Si](c2ccccc2)(c2ccc(-c3cc(-n4c5ccccc5c5ccccc54)nc(-n4c5ccccc5c5ccccc54)n3)cc2)c2cccc3c2oc2ccccc23)cc1. The average molecular weight is 835 g/mol. The molecule has 0 saturated carbocycles. The van der Waals surface area contributed by atoms with Gasteiger partial charge in [0.2, 0.25) is 5.95 Å². The molecular formula is C58H38N4OSi. The van der Waals surface area contributed by atoms with Gasteiger partial charge >= 0.3 is 0 Å². The van der Waals surface area contributed by atoms with Crippen molar-refractivity contribution in [1.29, 1.82) is 0 Å². The standard InChI is InChI=1S/C58H38N4OSi/c1-3-18-40(19-4-1)64(41-20-5-2-6-21-41,55-33-17-27-48-47-26-11-16-32-54(47)63-57(48)55)42-36-34-39(35-37-42)49-38-56(61-50-28-12-7-22-43(50)44-23-8-13-29-51(44)61)60-58(59-49)62-52-30-14-9-24-45(52)46-25-10-15-31-53(46)62/h1-38H. The van der Waals surface area contributed by atoms with Crippen LogP contribution in [0.2, 0.25) is 0 Å². The number of aromatic nitrogens is 4. The lowest BCUT2D eigenvalue weighted by Crippen LogP contribution is -2.74. The Morgan fingerprint density at radius 2 is 0.812 bits per heavy atom. The second kappa shape index (κ2) is 14.4. The minimum atomic E-state index is -3.02. The summed E-state index contributed by atoms with van der Waals surface area (Å²) < 4.78 is 11.4. The normalized spacial score (nSPS) is 12.1. The summed E-state index contributed by atoms with van der Waals surface area (Å²) in [5, 5.41) is 12.0. The van der Waals surface area contributed by atoms with Crippen molar-refractivity contribution in [2.75, 3.05) is 0 Å². The minimum absolute atomic E-state index is 0.615. The monoisotopic (exact) mass is 834 g/mol. The number of furan rings is 1. The number of nitrogens with zero attached hydrogens (tertiary/aromatic N) is 4. The maximum Gasteiger partial charge on any atom is 0.237 e. The summed E-state index contributed by atoms with van der Waals surface area (Å²) >= 11 is 0. The van der Waals surface area contributed by atoms with Gasteiger partial charge in [0, 0.05) is 43.9 Å². The molecule has 4 heterocycles. The molecule has 9 aromatic carbocycles.